The summed E-state index contributed by atoms with van der Waals surface area (Å²) in [6.45, 7) is 13.1. The second-order valence-electron chi connectivity index (χ2n) is 3.65. The molecular weight excluding hydrogens is 318 g/mol. The van der Waals surface area contributed by atoms with Crippen molar-refractivity contribution in [3.63, 3.8) is 0 Å². The van der Waals surface area contributed by atoms with E-state index in [0.717, 1.165) is 19.0 Å². The van der Waals surface area contributed by atoms with Crippen molar-refractivity contribution in [3.8, 4) is 0 Å². The predicted octanol–water partition coefficient (Wildman–Crippen LogP) is 3.51. The zero-order valence-electron chi connectivity index (χ0n) is 9.35. The summed E-state index contributed by atoms with van der Waals surface area (Å²) >= 11 is 0. The number of nitrogens with zero attached hydrogens (tertiary/aromatic N) is 1. The van der Waals surface area contributed by atoms with Crippen molar-refractivity contribution in [2.24, 2.45) is 11.3 Å². The smallest absolute Gasteiger partial charge is 0.662 e. The van der Waals surface area contributed by atoms with E-state index < -0.39 is 0 Å². The van der Waals surface area contributed by atoms with Crippen molar-refractivity contribution in [1.82, 2.24) is 0 Å². The van der Waals surface area contributed by atoms with Crippen LogP contribution in [0.3, 0.4) is 0 Å². The Morgan fingerprint density at radius 3 is 1.42 bits per heavy atom. The van der Waals surface area contributed by atoms with Crippen molar-refractivity contribution in [1.29, 1.82) is 0 Å². The van der Waals surface area contributed by atoms with Crippen LogP contribution in [0.5, 0.6) is 0 Å². The molecule has 0 saturated carbocycles. The quantitative estimate of drug-likeness (QED) is 0.599. The van der Waals surface area contributed by atoms with Gasteiger partial charge in [0.2, 0.25) is 0 Å². The molecule has 0 radical (unpaired) electrons. The van der Waals surface area contributed by atoms with Gasteiger partial charge in [-0.1, -0.05) is 40.5 Å². The first-order valence-corrected chi connectivity index (χ1v) is 4.24. The van der Waals surface area contributed by atoms with E-state index in [0.29, 0.717) is 5.41 Å². The van der Waals surface area contributed by atoms with E-state index in [1.807, 2.05) is 13.8 Å². The molecule has 1 aliphatic heterocycles. The molecule has 0 unspecified atom stereocenters. The Balaban J connectivity index is -0.000000189. The van der Waals surface area contributed by atoms with Crippen LogP contribution < -0.4 is 0 Å². The minimum absolute atomic E-state index is 0. The third kappa shape index (κ3) is 6.20. The van der Waals surface area contributed by atoms with Gasteiger partial charge in [0.1, 0.15) is 0 Å². The van der Waals surface area contributed by atoms with Crippen molar-refractivity contribution in [2.75, 3.05) is 13.1 Å². The van der Waals surface area contributed by atoms with Crippen molar-refractivity contribution in [2.45, 2.75) is 34.6 Å². The van der Waals surface area contributed by atoms with E-state index in [2.05, 4.69) is 26.1 Å². The number of hydrogen-bond acceptors (Lipinski definition) is 0. The molecule has 1 nitrogen and oxygen atoms in total. The van der Waals surface area contributed by atoms with Crippen molar-refractivity contribution in [3.05, 3.63) is 12.7 Å². The SMILES string of the molecule is CC.CC(C)(C)C1C[N-]C1.[CH3-].[W+2]. The summed E-state index contributed by atoms with van der Waals surface area (Å²) in [6, 6.07) is 0. The molecule has 0 N–H and O–H groups in total. The molecule has 2 heteroatoms. The molecule has 1 rings (SSSR count). The first kappa shape index (κ1) is 18.4. The van der Waals surface area contributed by atoms with Crippen LogP contribution in [-0.2, 0) is 21.1 Å². The Morgan fingerprint density at radius 1 is 1.08 bits per heavy atom. The fraction of sp³-hybridized carbons (Fsp3) is 0.900. The van der Waals surface area contributed by atoms with E-state index >= 15 is 0 Å². The van der Waals surface area contributed by atoms with Crippen LogP contribution in [0.1, 0.15) is 34.6 Å². The zero-order valence-corrected chi connectivity index (χ0v) is 12.3. The number of rotatable bonds is 0. The molecule has 0 amide bonds. The summed E-state index contributed by atoms with van der Waals surface area (Å²) < 4.78 is 0. The van der Waals surface area contributed by atoms with Crippen molar-refractivity contribution < 1.29 is 21.1 Å². The molecule has 0 aromatic heterocycles. The minimum Gasteiger partial charge on any atom is -0.662 e. The molecule has 1 saturated heterocycles. The van der Waals surface area contributed by atoms with Crippen LogP contribution in [-0.4, -0.2) is 13.1 Å². The van der Waals surface area contributed by atoms with E-state index in [1.54, 1.807) is 0 Å². The zero-order chi connectivity index (χ0) is 8.20. The van der Waals surface area contributed by atoms with Gasteiger partial charge in [-0.25, -0.2) is 0 Å². The maximum absolute atomic E-state index is 4.16. The molecule has 0 atom stereocenters. The maximum atomic E-state index is 4.16. The van der Waals surface area contributed by atoms with Gasteiger partial charge < -0.3 is 12.7 Å². The monoisotopic (exact) mass is 341 g/mol. The standard InChI is InChI=1S/C7H14N.C2H6.CH3.W/c1-7(2,3)6-4-8-5-6;1-2;;/h6H,4-5H2,1-3H3;1-2H3;1H3;/q-1;;-1;+2. The molecule has 0 aromatic carbocycles. The summed E-state index contributed by atoms with van der Waals surface area (Å²) in [5, 5.41) is 4.16. The molecule has 1 fully saturated rings. The van der Waals surface area contributed by atoms with Crippen molar-refractivity contribution >= 4 is 0 Å². The molecule has 12 heavy (non-hydrogen) atoms. The third-order valence-corrected chi connectivity index (χ3v) is 1.92. The van der Waals surface area contributed by atoms with Gasteiger partial charge in [0, 0.05) is 0 Å². The van der Waals surface area contributed by atoms with Crippen LogP contribution in [0, 0.1) is 18.8 Å². The third-order valence-electron chi connectivity index (χ3n) is 1.92. The Labute approximate surface area is 93.0 Å². The van der Waals surface area contributed by atoms with Gasteiger partial charge in [0.25, 0.3) is 0 Å². The van der Waals surface area contributed by atoms with Gasteiger partial charge in [0.15, 0.2) is 0 Å². The number of hydrogen-bond donors (Lipinski definition) is 0. The molecule has 0 spiro atoms. The van der Waals surface area contributed by atoms with Gasteiger partial charge in [-0.15, -0.1) is 13.1 Å². The van der Waals surface area contributed by atoms with Crippen LogP contribution in [0.25, 0.3) is 5.32 Å². The average molecular weight is 341 g/mol. The predicted molar refractivity (Wildman–Crippen MR) is 53.8 cm³/mol. The van der Waals surface area contributed by atoms with Crippen LogP contribution >= 0.6 is 0 Å². The first-order valence-electron chi connectivity index (χ1n) is 4.24. The second-order valence-corrected chi connectivity index (χ2v) is 3.65. The summed E-state index contributed by atoms with van der Waals surface area (Å²) in [5.41, 5.74) is 0.502. The average Bonchev–Trinajstić information content (AvgIpc) is 1.61. The Kier molecular flexibility index (Phi) is 12.7. The molecule has 0 bridgehead atoms. The fourth-order valence-corrected chi connectivity index (χ4v) is 0.806. The van der Waals surface area contributed by atoms with Gasteiger partial charge >= 0.3 is 21.1 Å². The molecule has 1 aliphatic rings. The van der Waals surface area contributed by atoms with E-state index in [1.165, 1.54) is 0 Å². The molecular formula is C10H23NW. The molecule has 0 aromatic rings. The van der Waals surface area contributed by atoms with E-state index in [-0.39, 0.29) is 28.5 Å². The van der Waals surface area contributed by atoms with Gasteiger partial charge in [-0.2, -0.15) is 0 Å². The molecule has 0 aliphatic carbocycles. The van der Waals surface area contributed by atoms with Crippen LogP contribution in [0.15, 0.2) is 0 Å². The topological polar surface area (TPSA) is 14.1 Å². The fourth-order valence-electron chi connectivity index (χ4n) is 0.806. The second kappa shape index (κ2) is 8.26. The largest absolute Gasteiger partial charge is 2.00 e. The summed E-state index contributed by atoms with van der Waals surface area (Å²) in [4.78, 5) is 0. The summed E-state index contributed by atoms with van der Waals surface area (Å²) in [6.07, 6.45) is 0. The molecule has 1 heterocycles. The van der Waals surface area contributed by atoms with Crippen LogP contribution in [0.2, 0.25) is 0 Å². The van der Waals surface area contributed by atoms with Gasteiger partial charge in [-0.05, 0) is 5.41 Å². The maximum Gasteiger partial charge on any atom is 2.00 e. The molecule has 74 valence electrons. The van der Waals surface area contributed by atoms with Crippen LogP contribution in [0.4, 0.5) is 0 Å². The summed E-state index contributed by atoms with van der Waals surface area (Å²) in [7, 11) is 0. The van der Waals surface area contributed by atoms with Gasteiger partial charge in [0.05, 0.1) is 0 Å². The van der Waals surface area contributed by atoms with E-state index in [9.17, 15) is 0 Å². The normalized spacial score (nSPS) is 15.8. The Morgan fingerprint density at radius 2 is 1.42 bits per heavy atom. The van der Waals surface area contributed by atoms with E-state index in [4.69, 9.17) is 0 Å². The Hall–Kier alpha value is 0.648. The Bertz CT molecular complexity index is 82.3. The van der Waals surface area contributed by atoms with Gasteiger partial charge in [-0.3, -0.25) is 0 Å². The minimum atomic E-state index is 0. The first-order chi connectivity index (χ1) is 4.61. The summed E-state index contributed by atoms with van der Waals surface area (Å²) in [5.74, 6) is 0.863.